The van der Waals surface area contributed by atoms with Crippen LogP contribution < -0.4 is 4.74 Å². The highest BCUT2D eigenvalue weighted by atomic mass is 32.1. The predicted molar refractivity (Wildman–Crippen MR) is 135 cm³/mol. The molecule has 0 atom stereocenters. The molecule has 0 amide bonds. The molecule has 9 nitrogen and oxygen atoms in total. The van der Waals surface area contributed by atoms with E-state index in [9.17, 15) is 0 Å². The minimum absolute atomic E-state index is 0.00481. The van der Waals surface area contributed by atoms with E-state index in [0.717, 1.165) is 49.6 Å². The van der Waals surface area contributed by atoms with Crippen LogP contribution in [0.5, 0.6) is 5.75 Å². The second-order valence-corrected chi connectivity index (χ2v) is 10.3. The average Bonchev–Trinajstić information content (AvgIpc) is 3.63. The molecule has 2 aromatic carbocycles. The van der Waals surface area contributed by atoms with E-state index in [4.69, 9.17) is 19.2 Å². The number of rotatable bonds is 5. The summed E-state index contributed by atoms with van der Waals surface area (Å²) in [6.45, 7) is 7.06. The SMILES string of the molecule is COc1ccc2c(c1)c(-c1nn[nH]n1)nn2Cc1ccc2oc(-c3nc(C(C)(C)C)cs3)cc2c1. The highest BCUT2D eigenvalue weighted by Crippen LogP contribution is 2.34. The van der Waals surface area contributed by atoms with Crippen LogP contribution in [0, 0.1) is 0 Å². The summed E-state index contributed by atoms with van der Waals surface area (Å²) in [6.07, 6.45) is 0. The summed E-state index contributed by atoms with van der Waals surface area (Å²) in [6, 6.07) is 14.1. The van der Waals surface area contributed by atoms with Crippen LogP contribution in [0.25, 0.3) is 44.2 Å². The van der Waals surface area contributed by atoms with Crippen molar-refractivity contribution in [1.29, 1.82) is 0 Å². The molecule has 0 spiro atoms. The first-order chi connectivity index (χ1) is 16.9. The summed E-state index contributed by atoms with van der Waals surface area (Å²) in [7, 11) is 1.64. The Hall–Kier alpha value is -4.05. The maximum Gasteiger partial charge on any atom is 0.225 e. The van der Waals surface area contributed by atoms with Crippen molar-refractivity contribution in [2.75, 3.05) is 7.11 Å². The van der Waals surface area contributed by atoms with Gasteiger partial charge in [-0.25, -0.2) is 4.98 Å². The van der Waals surface area contributed by atoms with Crippen LogP contribution in [-0.4, -0.2) is 42.5 Å². The third-order valence-corrected chi connectivity index (χ3v) is 6.77. The van der Waals surface area contributed by atoms with Crippen molar-refractivity contribution in [3.63, 3.8) is 0 Å². The first-order valence-electron chi connectivity index (χ1n) is 11.2. The van der Waals surface area contributed by atoms with Crippen LogP contribution in [-0.2, 0) is 12.0 Å². The van der Waals surface area contributed by atoms with Crippen LogP contribution in [0.2, 0.25) is 0 Å². The number of hydrogen-bond acceptors (Lipinski definition) is 8. The van der Waals surface area contributed by atoms with Gasteiger partial charge >= 0.3 is 0 Å². The Morgan fingerprint density at radius 1 is 1.11 bits per heavy atom. The number of thiazole rings is 1. The molecule has 0 saturated heterocycles. The van der Waals surface area contributed by atoms with Crippen LogP contribution in [0.4, 0.5) is 0 Å². The Kier molecular flexibility index (Phi) is 4.92. The molecule has 10 heteroatoms. The minimum atomic E-state index is 0.00481. The number of methoxy groups -OCH3 is 1. The molecule has 4 heterocycles. The van der Waals surface area contributed by atoms with E-state index in [2.05, 4.69) is 65.0 Å². The number of aromatic amines is 1. The molecular formula is C25H23N7O2S. The fraction of sp³-hybridized carbons (Fsp3) is 0.240. The number of tetrazole rings is 1. The number of benzene rings is 2. The molecule has 0 radical (unpaired) electrons. The third kappa shape index (κ3) is 3.85. The lowest BCUT2D eigenvalue weighted by molar-refractivity contribution is 0.415. The molecule has 1 N–H and O–H groups in total. The first-order valence-corrected chi connectivity index (χ1v) is 12.0. The van der Waals surface area contributed by atoms with Crippen molar-refractivity contribution < 1.29 is 9.15 Å². The standard InChI is InChI=1S/C25H23N7O2S/c1-25(2,3)21-13-35-24(26-21)20-10-15-9-14(5-8-19(15)34-20)12-32-18-7-6-16(33-4)11-17(18)22(29-32)23-27-30-31-28-23/h5-11,13H,12H2,1-4H3,(H,27,28,30,31). The molecule has 6 rings (SSSR count). The van der Waals surface area contributed by atoms with E-state index < -0.39 is 0 Å². The Labute approximate surface area is 204 Å². The first kappa shape index (κ1) is 21.5. The van der Waals surface area contributed by atoms with Gasteiger partial charge in [0.1, 0.15) is 17.0 Å². The zero-order valence-electron chi connectivity index (χ0n) is 19.7. The molecule has 0 aliphatic rings. The predicted octanol–water partition coefficient (Wildman–Crippen LogP) is 5.44. The smallest absolute Gasteiger partial charge is 0.225 e. The van der Waals surface area contributed by atoms with Crippen molar-refractivity contribution >= 4 is 33.2 Å². The number of nitrogens with one attached hydrogen (secondary N) is 1. The van der Waals surface area contributed by atoms with Gasteiger partial charge in [-0.15, -0.1) is 21.5 Å². The zero-order valence-corrected chi connectivity index (χ0v) is 20.6. The quantitative estimate of drug-likeness (QED) is 0.346. The maximum absolute atomic E-state index is 6.12. The Balaban J connectivity index is 1.36. The number of nitrogens with zero attached hydrogens (tertiary/aromatic N) is 6. The fourth-order valence-electron chi connectivity index (χ4n) is 4.03. The zero-order chi connectivity index (χ0) is 24.2. The molecule has 176 valence electrons. The molecular weight excluding hydrogens is 462 g/mol. The van der Waals surface area contributed by atoms with E-state index >= 15 is 0 Å². The summed E-state index contributed by atoms with van der Waals surface area (Å²) in [5, 5.41) is 24.2. The van der Waals surface area contributed by atoms with Crippen molar-refractivity contribution in [2.24, 2.45) is 0 Å². The molecule has 0 unspecified atom stereocenters. The number of ether oxygens (including phenoxy) is 1. The van der Waals surface area contributed by atoms with E-state index in [0.29, 0.717) is 18.1 Å². The third-order valence-electron chi connectivity index (χ3n) is 5.91. The van der Waals surface area contributed by atoms with Crippen LogP contribution in [0.15, 0.2) is 52.3 Å². The normalized spacial score (nSPS) is 12.1. The van der Waals surface area contributed by atoms with E-state index in [1.807, 2.05) is 28.9 Å². The van der Waals surface area contributed by atoms with Gasteiger partial charge in [-0.2, -0.15) is 10.3 Å². The molecule has 0 aliphatic heterocycles. The molecule has 0 bridgehead atoms. The summed E-state index contributed by atoms with van der Waals surface area (Å²) < 4.78 is 13.5. The number of hydrogen-bond donors (Lipinski definition) is 1. The van der Waals surface area contributed by atoms with E-state index in [1.165, 1.54) is 0 Å². The van der Waals surface area contributed by atoms with Crippen LogP contribution in [0.1, 0.15) is 32.0 Å². The summed E-state index contributed by atoms with van der Waals surface area (Å²) in [5.74, 6) is 1.97. The van der Waals surface area contributed by atoms with Gasteiger partial charge in [0.2, 0.25) is 5.82 Å². The second kappa shape index (κ2) is 8.02. The molecule has 6 aromatic rings. The lowest BCUT2D eigenvalue weighted by Crippen LogP contribution is -2.11. The second-order valence-electron chi connectivity index (χ2n) is 9.40. The van der Waals surface area contributed by atoms with Gasteiger partial charge in [0, 0.05) is 21.6 Å². The largest absolute Gasteiger partial charge is 0.497 e. The highest BCUT2D eigenvalue weighted by Gasteiger charge is 2.20. The highest BCUT2D eigenvalue weighted by molar-refractivity contribution is 7.13. The Morgan fingerprint density at radius 2 is 2.00 bits per heavy atom. The minimum Gasteiger partial charge on any atom is -0.497 e. The molecule has 35 heavy (non-hydrogen) atoms. The summed E-state index contributed by atoms with van der Waals surface area (Å²) >= 11 is 1.61. The average molecular weight is 486 g/mol. The van der Waals surface area contributed by atoms with Gasteiger partial charge in [0.25, 0.3) is 0 Å². The van der Waals surface area contributed by atoms with Gasteiger partial charge in [-0.05, 0) is 47.2 Å². The summed E-state index contributed by atoms with van der Waals surface area (Å²) in [5.41, 5.74) is 4.61. The molecule has 4 aromatic heterocycles. The monoisotopic (exact) mass is 485 g/mol. The van der Waals surface area contributed by atoms with Crippen molar-refractivity contribution in [1.82, 2.24) is 35.4 Å². The van der Waals surface area contributed by atoms with E-state index in [1.54, 1.807) is 18.4 Å². The Morgan fingerprint density at radius 3 is 2.74 bits per heavy atom. The fourth-order valence-corrected chi connectivity index (χ4v) is 5.03. The van der Waals surface area contributed by atoms with Gasteiger partial charge in [-0.3, -0.25) is 4.68 Å². The Bertz CT molecular complexity index is 1650. The van der Waals surface area contributed by atoms with Gasteiger partial charge < -0.3 is 9.15 Å². The van der Waals surface area contributed by atoms with Crippen LogP contribution in [0.3, 0.4) is 0 Å². The lowest BCUT2D eigenvalue weighted by atomic mass is 9.93. The van der Waals surface area contributed by atoms with Gasteiger partial charge in [-0.1, -0.05) is 26.8 Å². The number of fused-ring (bicyclic) bond motifs is 2. The topological polar surface area (TPSA) is 108 Å². The van der Waals surface area contributed by atoms with Gasteiger partial charge in [0.05, 0.1) is 24.9 Å². The summed E-state index contributed by atoms with van der Waals surface area (Å²) in [4.78, 5) is 4.79. The molecule has 0 fully saturated rings. The van der Waals surface area contributed by atoms with Gasteiger partial charge in [0.15, 0.2) is 10.8 Å². The van der Waals surface area contributed by atoms with Crippen LogP contribution >= 0.6 is 11.3 Å². The maximum atomic E-state index is 6.12. The number of aromatic nitrogens is 7. The van der Waals surface area contributed by atoms with Crippen molar-refractivity contribution in [3.8, 4) is 28.0 Å². The van der Waals surface area contributed by atoms with E-state index in [-0.39, 0.29) is 5.41 Å². The molecule has 0 saturated carbocycles. The molecule has 0 aliphatic carbocycles. The lowest BCUT2D eigenvalue weighted by Gasteiger charge is -2.13. The van der Waals surface area contributed by atoms with Crippen molar-refractivity contribution in [3.05, 3.63) is 59.1 Å². The number of furan rings is 1. The number of H-pyrrole nitrogens is 1. The van der Waals surface area contributed by atoms with Crippen molar-refractivity contribution in [2.45, 2.75) is 32.7 Å².